The maximum atomic E-state index is 13.2. The minimum absolute atomic E-state index is 0.0125. The van der Waals surface area contributed by atoms with E-state index in [9.17, 15) is 48.9 Å². The Labute approximate surface area is 404 Å². The van der Waals surface area contributed by atoms with Gasteiger partial charge >= 0.3 is 5.97 Å². The molecule has 0 aliphatic carbocycles. The second kappa shape index (κ2) is 30.3. The van der Waals surface area contributed by atoms with E-state index in [2.05, 4.69) is 36.6 Å². The lowest BCUT2D eigenvalue weighted by Crippen LogP contribution is -2.48. The molecule has 0 radical (unpaired) electrons. The summed E-state index contributed by atoms with van der Waals surface area (Å²) in [5.41, 5.74) is 1.69. The first kappa shape index (κ1) is 55.4. The number of carbonyl (C=O) groups excluding carboxylic acids is 6. The van der Waals surface area contributed by atoms with E-state index in [0.29, 0.717) is 69.8 Å². The van der Waals surface area contributed by atoms with Crippen LogP contribution in [0.2, 0.25) is 0 Å². The number of carboxylic acid groups (broad SMARTS) is 1. The third-order valence-electron chi connectivity index (χ3n) is 10.1. The van der Waals surface area contributed by atoms with Crippen molar-refractivity contribution in [1.82, 2.24) is 36.1 Å². The molecule has 1 aliphatic heterocycles. The van der Waals surface area contributed by atoms with Gasteiger partial charge in [0.2, 0.25) is 17.8 Å². The van der Waals surface area contributed by atoms with Crippen LogP contribution in [-0.2, 0) is 49.3 Å². The minimum Gasteiger partial charge on any atom is -0.508 e. The van der Waals surface area contributed by atoms with Gasteiger partial charge in [-0.3, -0.25) is 33.7 Å². The summed E-state index contributed by atoms with van der Waals surface area (Å²) in [7, 11) is 0. The molecule has 0 saturated heterocycles. The molecule has 1 atom stereocenters. The zero-order valence-electron chi connectivity index (χ0n) is 39.3. The predicted molar refractivity (Wildman–Crippen MR) is 250 cm³/mol. The summed E-state index contributed by atoms with van der Waals surface area (Å²) in [4.78, 5) is 95.1. The Morgan fingerprint density at radius 3 is 1.96 bits per heavy atom. The molecule has 2 heterocycles. The van der Waals surface area contributed by atoms with Crippen LogP contribution in [0, 0.1) is 13.8 Å². The van der Waals surface area contributed by atoms with Crippen molar-refractivity contribution in [2.24, 2.45) is 0 Å². The fourth-order valence-electron chi connectivity index (χ4n) is 6.57. The molecule has 1 aliphatic rings. The summed E-state index contributed by atoms with van der Waals surface area (Å²) < 4.78 is 27.4. The van der Waals surface area contributed by atoms with E-state index in [4.69, 9.17) is 23.7 Å². The number of anilines is 1. The van der Waals surface area contributed by atoms with E-state index < -0.39 is 42.2 Å². The Morgan fingerprint density at radius 1 is 0.671 bits per heavy atom. The summed E-state index contributed by atoms with van der Waals surface area (Å²) >= 11 is 0. The highest BCUT2D eigenvalue weighted by Gasteiger charge is 2.26. The van der Waals surface area contributed by atoms with Crippen molar-refractivity contribution >= 4 is 47.4 Å². The lowest BCUT2D eigenvalue weighted by atomic mass is 10.1. The fourth-order valence-corrected chi connectivity index (χ4v) is 6.57. The molecule has 6 amide bonds. The fraction of sp³-hybridized carbons (Fsp3) is 0.468. The molecule has 380 valence electrons. The molecule has 0 fully saturated rings. The molecule has 1 unspecified atom stereocenters. The SMILES string of the molecule is Cc1nc(NCCCc2cccc(O)c2)nc(C)c1C(=O)NC(CNC(=O)c1cc(O)cc(OCCCNC(=O)CCOCCOCCOCCOCCNC(=O)CCN2C(=O)C=CC2=O)c1)C(=O)O. The molecular weight excluding hydrogens is 917 g/mol. The molecular formula is C47H62N8O15. The van der Waals surface area contributed by atoms with Crippen molar-refractivity contribution in [1.29, 1.82) is 0 Å². The summed E-state index contributed by atoms with van der Waals surface area (Å²) in [6.07, 6.45) is 4.33. The van der Waals surface area contributed by atoms with Crippen LogP contribution in [0.25, 0.3) is 0 Å². The third kappa shape index (κ3) is 20.6. The number of benzene rings is 2. The number of phenolic OH excluding ortho intramolecular Hbond substituents is 2. The van der Waals surface area contributed by atoms with E-state index in [-0.39, 0.29) is 99.1 Å². The number of hydrogen-bond acceptors (Lipinski definition) is 17. The van der Waals surface area contributed by atoms with Crippen LogP contribution >= 0.6 is 0 Å². The average Bonchev–Trinajstić information content (AvgIpc) is 3.64. The number of ether oxygens (including phenoxy) is 5. The molecule has 23 heteroatoms. The first-order chi connectivity index (χ1) is 33.7. The number of nitrogens with zero attached hydrogens (tertiary/aromatic N) is 3. The van der Waals surface area contributed by atoms with Gasteiger partial charge in [0.1, 0.15) is 23.3 Å². The molecule has 4 rings (SSSR count). The van der Waals surface area contributed by atoms with Crippen molar-refractivity contribution in [3.8, 4) is 17.2 Å². The van der Waals surface area contributed by atoms with E-state index in [0.717, 1.165) is 16.9 Å². The predicted octanol–water partition coefficient (Wildman–Crippen LogP) is 0.935. The molecule has 0 spiro atoms. The van der Waals surface area contributed by atoms with Gasteiger partial charge < -0.3 is 65.6 Å². The Balaban J connectivity index is 1.00. The van der Waals surface area contributed by atoms with Gasteiger partial charge in [0.25, 0.3) is 23.6 Å². The van der Waals surface area contributed by atoms with Gasteiger partial charge in [-0.1, -0.05) is 12.1 Å². The molecule has 0 saturated carbocycles. The number of hydrogen-bond donors (Lipinski definition) is 8. The summed E-state index contributed by atoms with van der Waals surface area (Å²) in [6, 6.07) is 9.31. The molecule has 3 aromatic rings. The van der Waals surface area contributed by atoms with Crippen LogP contribution in [0.15, 0.2) is 54.6 Å². The number of carboxylic acids is 1. The lowest BCUT2D eigenvalue weighted by molar-refractivity contribution is -0.139. The van der Waals surface area contributed by atoms with Crippen molar-refractivity contribution < 1.29 is 72.6 Å². The van der Waals surface area contributed by atoms with Crippen LogP contribution in [0.3, 0.4) is 0 Å². The Hall–Kier alpha value is -7.21. The van der Waals surface area contributed by atoms with E-state index in [1.54, 1.807) is 32.0 Å². The van der Waals surface area contributed by atoms with Crippen molar-refractivity contribution in [3.05, 3.63) is 82.7 Å². The van der Waals surface area contributed by atoms with Gasteiger partial charge in [-0.2, -0.15) is 0 Å². The summed E-state index contributed by atoms with van der Waals surface area (Å²) in [6.45, 7) is 6.37. The second-order valence-electron chi connectivity index (χ2n) is 15.6. The molecule has 23 nitrogen and oxygen atoms in total. The highest BCUT2D eigenvalue weighted by Crippen LogP contribution is 2.22. The average molecular weight is 979 g/mol. The smallest absolute Gasteiger partial charge is 0.328 e. The monoisotopic (exact) mass is 978 g/mol. The highest BCUT2D eigenvalue weighted by atomic mass is 16.6. The van der Waals surface area contributed by atoms with Crippen molar-refractivity contribution in [3.63, 3.8) is 0 Å². The minimum atomic E-state index is -1.52. The van der Waals surface area contributed by atoms with E-state index in [1.807, 2.05) is 6.07 Å². The van der Waals surface area contributed by atoms with Crippen LogP contribution in [0.4, 0.5) is 5.95 Å². The largest absolute Gasteiger partial charge is 0.508 e. The van der Waals surface area contributed by atoms with Gasteiger partial charge in [-0.15, -0.1) is 0 Å². The number of carbonyl (C=O) groups is 7. The first-order valence-corrected chi connectivity index (χ1v) is 22.7. The number of aromatic hydroxyl groups is 2. The molecule has 70 heavy (non-hydrogen) atoms. The maximum Gasteiger partial charge on any atom is 0.328 e. The molecule has 2 aromatic carbocycles. The van der Waals surface area contributed by atoms with Gasteiger partial charge in [-0.25, -0.2) is 14.8 Å². The third-order valence-corrected chi connectivity index (χ3v) is 10.1. The van der Waals surface area contributed by atoms with E-state index in [1.165, 1.54) is 30.4 Å². The quantitative estimate of drug-likeness (QED) is 0.0305. The van der Waals surface area contributed by atoms with Crippen LogP contribution < -0.4 is 31.3 Å². The van der Waals surface area contributed by atoms with Gasteiger partial charge in [0.05, 0.1) is 76.4 Å². The Bertz CT molecular complexity index is 2240. The summed E-state index contributed by atoms with van der Waals surface area (Å²) in [5, 5.41) is 43.2. The Kier molecular flexibility index (Phi) is 24.0. The van der Waals surface area contributed by atoms with Gasteiger partial charge in [0, 0.05) is 69.3 Å². The van der Waals surface area contributed by atoms with Crippen molar-refractivity contribution in [2.45, 2.75) is 52.0 Å². The molecule has 8 N–H and O–H groups in total. The number of amides is 6. The molecule has 0 bridgehead atoms. The van der Waals surface area contributed by atoms with Crippen LogP contribution in [-0.4, -0.2) is 170 Å². The first-order valence-electron chi connectivity index (χ1n) is 22.7. The molecule has 1 aromatic heterocycles. The number of nitrogens with one attached hydrogen (secondary N) is 5. The van der Waals surface area contributed by atoms with Crippen molar-refractivity contribution in [2.75, 3.05) is 97.5 Å². The van der Waals surface area contributed by atoms with E-state index >= 15 is 0 Å². The number of aryl methyl sites for hydroxylation is 3. The normalized spacial score (nSPS) is 12.4. The summed E-state index contributed by atoms with van der Waals surface area (Å²) in [5.74, 6) is -3.85. The van der Waals surface area contributed by atoms with Crippen LogP contribution in [0.5, 0.6) is 17.2 Å². The second-order valence-corrected chi connectivity index (χ2v) is 15.6. The highest BCUT2D eigenvalue weighted by molar-refractivity contribution is 6.13. The number of aliphatic carboxylic acids is 1. The topological polar surface area (TPSA) is 315 Å². The van der Waals surface area contributed by atoms with Gasteiger partial charge in [0.15, 0.2) is 0 Å². The number of rotatable bonds is 34. The maximum absolute atomic E-state index is 13.2. The standard InChI is InChI=1S/C47H62N8O15/c1-31-43(32(2)53-47(52-31)50-13-4-7-33-6-3-8-35(56)26-33)45(63)54-38(46(64)65)30-51-44(62)34-27-36(57)29-37(28-34)70-17-5-14-48-40(59)12-18-66-20-22-68-24-25-69-23-21-67-19-15-49-39(58)11-16-55-41(60)9-10-42(55)61/h3,6,8-10,26-29,38,56-57H,4-5,7,11-25,30H2,1-2H3,(H,48,59)(H,49,58)(H,51,62)(H,54,63)(H,64,65)(H,50,52,53). The number of phenols is 2. The lowest BCUT2D eigenvalue weighted by Gasteiger charge is -2.17. The van der Waals surface area contributed by atoms with Crippen LogP contribution in [0.1, 0.15) is 63.4 Å². The zero-order valence-corrected chi connectivity index (χ0v) is 39.3. The Morgan fingerprint density at radius 2 is 1.30 bits per heavy atom. The number of imide groups is 1. The zero-order chi connectivity index (χ0) is 50.7. The number of aromatic nitrogens is 2. The van der Waals surface area contributed by atoms with Gasteiger partial charge in [-0.05, 0) is 62.9 Å².